The lowest BCUT2D eigenvalue weighted by molar-refractivity contribution is -0.141. The topological polar surface area (TPSA) is 157 Å². The normalized spacial score (nSPS) is 11.2. The number of benzene rings is 3. The molecule has 3 aromatic carbocycles. The summed E-state index contributed by atoms with van der Waals surface area (Å²) in [5, 5.41) is 11.9. The second-order valence-corrected chi connectivity index (χ2v) is 7.04. The number of esters is 1. The second-order valence-electron chi connectivity index (χ2n) is 7.04. The van der Waals surface area contributed by atoms with Crippen molar-refractivity contribution in [1.82, 2.24) is 5.32 Å². The molecular formula is C24H22N4O5. The van der Waals surface area contributed by atoms with Gasteiger partial charge in [-0.25, -0.2) is 14.6 Å². The zero-order chi connectivity index (χ0) is 23.8. The van der Waals surface area contributed by atoms with E-state index in [1.54, 1.807) is 66.7 Å². The van der Waals surface area contributed by atoms with Gasteiger partial charge in [-0.15, -0.1) is 0 Å². The molecule has 3 rings (SSSR count). The minimum atomic E-state index is -1.15. The lowest BCUT2D eigenvalue weighted by Gasteiger charge is -2.15. The van der Waals surface area contributed by atoms with Gasteiger partial charge in [-0.05, 0) is 47.5 Å². The number of aliphatic carboxylic acids is 1. The van der Waals surface area contributed by atoms with E-state index < -0.39 is 23.9 Å². The van der Waals surface area contributed by atoms with Crippen LogP contribution in [0.1, 0.15) is 27.5 Å². The molecule has 0 unspecified atom stereocenters. The molecule has 0 aromatic heterocycles. The van der Waals surface area contributed by atoms with Crippen LogP contribution in [0.5, 0.6) is 5.75 Å². The third-order valence-electron chi connectivity index (χ3n) is 4.54. The average Bonchev–Trinajstić information content (AvgIpc) is 2.79. The van der Waals surface area contributed by atoms with Crippen molar-refractivity contribution in [2.45, 2.75) is 12.5 Å². The van der Waals surface area contributed by atoms with Gasteiger partial charge in [0.1, 0.15) is 5.75 Å². The molecule has 3 aromatic rings. The van der Waals surface area contributed by atoms with Gasteiger partial charge < -0.3 is 26.6 Å². The first-order valence-corrected chi connectivity index (χ1v) is 9.90. The number of carbonyl (C=O) groups excluding carboxylic acids is 2. The summed E-state index contributed by atoms with van der Waals surface area (Å²) in [6, 6.07) is 19.9. The molecule has 0 spiro atoms. The van der Waals surface area contributed by atoms with Crippen LogP contribution in [0.4, 0.5) is 5.69 Å². The Morgan fingerprint density at radius 2 is 1.55 bits per heavy atom. The van der Waals surface area contributed by atoms with E-state index in [0.29, 0.717) is 28.1 Å². The van der Waals surface area contributed by atoms with E-state index in [4.69, 9.17) is 16.2 Å². The zero-order valence-electron chi connectivity index (χ0n) is 17.5. The summed E-state index contributed by atoms with van der Waals surface area (Å²) in [6.45, 7) is 0. The van der Waals surface area contributed by atoms with E-state index in [9.17, 15) is 19.5 Å². The molecule has 0 saturated carbocycles. The molecule has 0 heterocycles. The van der Waals surface area contributed by atoms with E-state index in [1.165, 1.54) is 12.1 Å². The number of nitrogens with one attached hydrogen (secondary N) is 1. The number of hydrogen-bond donors (Lipinski definition) is 4. The lowest BCUT2D eigenvalue weighted by Crippen LogP contribution is -2.34. The molecule has 0 saturated heterocycles. The maximum absolute atomic E-state index is 12.4. The third kappa shape index (κ3) is 6.66. The Kier molecular flexibility index (Phi) is 7.38. The first kappa shape index (κ1) is 23.0. The molecule has 9 heteroatoms. The Morgan fingerprint density at radius 3 is 2.12 bits per heavy atom. The number of hydrogen-bond acceptors (Lipinski definition) is 5. The van der Waals surface area contributed by atoms with Crippen LogP contribution in [0.2, 0.25) is 0 Å². The molecule has 9 nitrogen and oxygen atoms in total. The molecule has 0 aliphatic carbocycles. The van der Waals surface area contributed by atoms with Crippen LogP contribution in [-0.2, 0) is 16.0 Å². The quantitative estimate of drug-likeness (QED) is 0.179. The lowest BCUT2D eigenvalue weighted by atomic mass is 10.1. The number of nitrogens with two attached hydrogens (primary N) is 2. The Hall–Kier alpha value is -4.66. The van der Waals surface area contributed by atoms with Crippen LogP contribution >= 0.6 is 0 Å². The van der Waals surface area contributed by atoms with Crippen molar-refractivity contribution >= 4 is 29.5 Å². The van der Waals surface area contributed by atoms with E-state index in [1.807, 2.05) is 0 Å². The number of amides is 1. The van der Waals surface area contributed by atoms with E-state index in [-0.39, 0.29) is 12.4 Å². The Morgan fingerprint density at radius 1 is 0.909 bits per heavy atom. The number of carboxylic acids is 1. The molecular weight excluding hydrogens is 424 g/mol. The predicted octanol–water partition coefficient (Wildman–Crippen LogP) is 2.30. The molecule has 33 heavy (non-hydrogen) atoms. The van der Waals surface area contributed by atoms with Gasteiger partial charge in [0.25, 0.3) is 0 Å². The van der Waals surface area contributed by atoms with Gasteiger partial charge in [-0.2, -0.15) is 0 Å². The number of carbonyl (C=O) groups is 3. The molecule has 0 aliphatic rings. The van der Waals surface area contributed by atoms with Crippen LogP contribution in [0.15, 0.2) is 83.9 Å². The number of nitrogens with zero attached hydrogens (tertiary/aromatic N) is 1. The molecule has 1 atom stereocenters. The molecule has 6 N–H and O–H groups in total. The maximum Gasteiger partial charge on any atom is 0.343 e. The first-order valence-electron chi connectivity index (χ1n) is 9.90. The Labute approximate surface area is 189 Å². The Balaban J connectivity index is 1.58. The van der Waals surface area contributed by atoms with Gasteiger partial charge in [0.2, 0.25) is 5.91 Å². The summed E-state index contributed by atoms with van der Waals surface area (Å²) >= 11 is 0. The number of ether oxygens (including phenoxy) is 1. The summed E-state index contributed by atoms with van der Waals surface area (Å²) in [5.74, 6) is -1.95. The number of carboxylic acid groups (broad SMARTS) is 1. The summed E-state index contributed by atoms with van der Waals surface area (Å²) in [5.41, 5.74) is 12.6. The summed E-state index contributed by atoms with van der Waals surface area (Å²) in [4.78, 5) is 40.1. The fourth-order valence-corrected chi connectivity index (χ4v) is 2.99. The van der Waals surface area contributed by atoms with Gasteiger partial charge in [-0.3, -0.25) is 4.79 Å². The van der Waals surface area contributed by atoms with E-state index >= 15 is 0 Å². The van der Waals surface area contributed by atoms with E-state index in [2.05, 4.69) is 10.3 Å². The fraction of sp³-hybridized carbons (Fsp3) is 0.0833. The number of rotatable bonds is 8. The van der Waals surface area contributed by atoms with Crippen molar-refractivity contribution < 1.29 is 24.2 Å². The van der Waals surface area contributed by atoms with Crippen LogP contribution < -0.4 is 21.5 Å². The molecule has 0 fully saturated rings. The first-order chi connectivity index (χ1) is 15.8. The molecule has 168 valence electrons. The van der Waals surface area contributed by atoms with Crippen molar-refractivity contribution in [3.8, 4) is 5.75 Å². The summed E-state index contributed by atoms with van der Waals surface area (Å²) in [7, 11) is 0. The Bertz CT molecular complexity index is 1160. The third-order valence-corrected chi connectivity index (χ3v) is 4.54. The van der Waals surface area contributed by atoms with Gasteiger partial charge in [0, 0.05) is 0 Å². The highest BCUT2D eigenvalue weighted by Crippen LogP contribution is 2.18. The largest absolute Gasteiger partial charge is 0.479 e. The van der Waals surface area contributed by atoms with Crippen molar-refractivity contribution in [3.05, 3.63) is 95.6 Å². The highest BCUT2D eigenvalue weighted by atomic mass is 16.5. The van der Waals surface area contributed by atoms with Crippen molar-refractivity contribution in [2.24, 2.45) is 16.5 Å². The van der Waals surface area contributed by atoms with Crippen LogP contribution in [0.25, 0.3) is 0 Å². The maximum atomic E-state index is 12.4. The summed E-state index contributed by atoms with van der Waals surface area (Å²) in [6.07, 6.45) is -0.0307. The second kappa shape index (κ2) is 10.6. The van der Waals surface area contributed by atoms with Crippen molar-refractivity contribution in [3.63, 3.8) is 0 Å². The smallest absolute Gasteiger partial charge is 0.343 e. The standard InChI is InChI=1S/C24H22N4O5/c25-24(26)27-18-10-8-17(9-11-18)23(32)33-19-12-6-15(7-13-19)14-20(29)28-21(22(30)31)16-4-2-1-3-5-16/h1-13,21H,14H2,(H,28,29)(H,30,31)(H4,25,26,27)/t21-/m0/s1. The number of guanidine groups is 1. The van der Waals surface area contributed by atoms with Crippen LogP contribution in [0.3, 0.4) is 0 Å². The minimum Gasteiger partial charge on any atom is -0.479 e. The summed E-state index contributed by atoms with van der Waals surface area (Å²) < 4.78 is 5.33. The highest BCUT2D eigenvalue weighted by Gasteiger charge is 2.21. The van der Waals surface area contributed by atoms with Gasteiger partial charge >= 0.3 is 11.9 Å². The predicted molar refractivity (Wildman–Crippen MR) is 122 cm³/mol. The van der Waals surface area contributed by atoms with Crippen molar-refractivity contribution in [1.29, 1.82) is 0 Å². The molecule has 0 bridgehead atoms. The highest BCUT2D eigenvalue weighted by molar-refractivity contribution is 5.91. The van der Waals surface area contributed by atoms with Gasteiger partial charge in [-0.1, -0.05) is 42.5 Å². The fourth-order valence-electron chi connectivity index (χ4n) is 2.99. The number of aliphatic imine (C=N–C) groups is 1. The molecule has 1 amide bonds. The molecule has 0 radical (unpaired) electrons. The van der Waals surface area contributed by atoms with Gasteiger partial charge in [0.05, 0.1) is 17.7 Å². The van der Waals surface area contributed by atoms with Crippen LogP contribution in [0, 0.1) is 0 Å². The SMILES string of the molecule is NC(N)=Nc1ccc(C(=O)Oc2ccc(CC(=O)N[C@H](C(=O)O)c3ccccc3)cc2)cc1. The molecule has 0 aliphatic heterocycles. The van der Waals surface area contributed by atoms with Crippen LogP contribution in [-0.4, -0.2) is 28.9 Å². The van der Waals surface area contributed by atoms with E-state index in [0.717, 1.165) is 0 Å². The average molecular weight is 446 g/mol. The van der Waals surface area contributed by atoms with Crippen molar-refractivity contribution in [2.75, 3.05) is 0 Å². The minimum absolute atomic E-state index is 0.0307. The monoisotopic (exact) mass is 446 g/mol. The van der Waals surface area contributed by atoms with Gasteiger partial charge in [0.15, 0.2) is 12.0 Å². The zero-order valence-corrected chi connectivity index (χ0v) is 17.5.